The van der Waals surface area contributed by atoms with Crippen molar-refractivity contribution >= 4 is 34.1 Å². The highest BCUT2D eigenvalue weighted by molar-refractivity contribution is 7.16. The molecule has 1 fully saturated rings. The average molecular weight is 446 g/mol. The monoisotopic (exact) mass is 445 g/mol. The Hall–Kier alpha value is -3.07. The number of para-hydroxylation sites is 2. The summed E-state index contributed by atoms with van der Waals surface area (Å²) in [6.07, 6.45) is 1.94. The van der Waals surface area contributed by atoms with Crippen LogP contribution < -0.4 is 20.5 Å². The topological polar surface area (TPSA) is 111 Å². The molecule has 0 saturated heterocycles. The lowest BCUT2D eigenvalue weighted by molar-refractivity contribution is -0.134. The molecule has 0 unspecified atom stereocenters. The number of nitrogens with one attached hydrogen (secondary N) is 1. The van der Waals surface area contributed by atoms with Crippen LogP contribution in [0.5, 0.6) is 11.5 Å². The van der Waals surface area contributed by atoms with E-state index in [9.17, 15) is 14.4 Å². The Kier molecular flexibility index (Phi) is 7.17. The fourth-order valence-electron chi connectivity index (χ4n) is 3.28. The lowest BCUT2D eigenvalue weighted by atomic mass is 10.1. The number of hydrogen-bond donors (Lipinski definition) is 2. The van der Waals surface area contributed by atoms with E-state index in [2.05, 4.69) is 5.32 Å². The van der Waals surface area contributed by atoms with Crippen molar-refractivity contribution in [3.63, 3.8) is 0 Å². The minimum atomic E-state index is -0.569. The van der Waals surface area contributed by atoms with Crippen LogP contribution in [-0.2, 0) is 9.59 Å². The maximum absolute atomic E-state index is 12.7. The highest BCUT2D eigenvalue weighted by Crippen LogP contribution is 2.32. The van der Waals surface area contributed by atoms with E-state index in [0.717, 1.165) is 23.3 Å². The first-order valence-electron chi connectivity index (χ1n) is 10.1. The summed E-state index contributed by atoms with van der Waals surface area (Å²) in [6.45, 7) is 3.82. The van der Waals surface area contributed by atoms with Gasteiger partial charge in [0.1, 0.15) is 5.00 Å². The number of thiophene rings is 1. The predicted octanol–water partition coefficient (Wildman–Crippen LogP) is 2.87. The second kappa shape index (κ2) is 9.82. The minimum Gasteiger partial charge on any atom is -0.493 e. The number of ether oxygens (including phenoxy) is 2. The Morgan fingerprint density at radius 3 is 2.48 bits per heavy atom. The van der Waals surface area contributed by atoms with E-state index in [0.29, 0.717) is 22.1 Å². The Balaban J connectivity index is 1.57. The largest absolute Gasteiger partial charge is 0.493 e. The van der Waals surface area contributed by atoms with Crippen molar-refractivity contribution in [1.29, 1.82) is 0 Å². The number of aryl methyl sites for hydroxylation is 1. The van der Waals surface area contributed by atoms with E-state index in [-0.39, 0.29) is 37.4 Å². The first-order valence-corrected chi connectivity index (χ1v) is 10.9. The van der Waals surface area contributed by atoms with Gasteiger partial charge in [-0.1, -0.05) is 12.1 Å². The molecule has 166 valence electrons. The van der Waals surface area contributed by atoms with Gasteiger partial charge in [-0.2, -0.15) is 0 Å². The summed E-state index contributed by atoms with van der Waals surface area (Å²) in [5, 5.41) is 3.23. The number of rotatable bonds is 10. The molecular weight excluding hydrogens is 418 g/mol. The molecule has 0 spiro atoms. The average Bonchev–Trinajstić information content (AvgIpc) is 3.52. The molecule has 1 heterocycles. The standard InChI is InChI=1S/C22H27N3O5S/c1-13-14(2)31-22(20(13)21(23)28)24-18(26)10-11-25(15-8-9-15)19(27)12-30-17-7-5-4-6-16(17)29-3/h4-7,15H,8-12H2,1-3H3,(H2,23,28)(H,24,26). The molecule has 8 nitrogen and oxygen atoms in total. The Morgan fingerprint density at radius 1 is 1.19 bits per heavy atom. The van der Waals surface area contributed by atoms with Crippen molar-refractivity contribution in [2.75, 3.05) is 25.6 Å². The van der Waals surface area contributed by atoms with Crippen LogP contribution in [0.4, 0.5) is 5.00 Å². The predicted molar refractivity (Wildman–Crippen MR) is 119 cm³/mol. The molecule has 0 aliphatic heterocycles. The molecule has 3 rings (SSSR count). The zero-order chi connectivity index (χ0) is 22.5. The lowest BCUT2D eigenvalue weighted by Gasteiger charge is -2.22. The van der Waals surface area contributed by atoms with E-state index < -0.39 is 5.91 Å². The molecule has 1 saturated carbocycles. The van der Waals surface area contributed by atoms with Crippen molar-refractivity contribution < 1.29 is 23.9 Å². The number of primary amides is 1. The number of amides is 3. The van der Waals surface area contributed by atoms with E-state index in [1.165, 1.54) is 11.3 Å². The van der Waals surface area contributed by atoms with Gasteiger partial charge in [-0.05, 0) is 44.4 Å². The smallest absolute Gasteiger partial charge is 0.260 e. The van der Waals surface area contributed by atoms with E-state index >= 15 is 0 Å². The number of nitrogens with zero attached hydrogens (tertiary/aromatic N) is 1. The number of carbonyl (C=O) groups excluding carboxylic acids is 3. The number of hydrogen-bond acceptors (Lipinski definition) is 6. The van der Waals surface area contributed by atoms with Gasteiger partial charge in [-0.15, -0.1) is 11.3 Å². The second-order valence-corrected chi connectivity index (χ2v) is 8.63. The number of carbonyl (C=O) groups is 3. The molecule has 1 aliphatic carbocycles. The molecule has 9 heteroatoms. The SMILES string of the molecule is COc1ccccc1OCC(=O)N(CCC(=O)Nc1sc(C)c(C)c1C(N)=O)C1CC1. The summed E-state index contributed by atoms with van der Waals surface area (Å²) >= 11 is 1.32. The molecule has 1 aliphatic rings. The Bertz CT molecular complexity index is 984. The Morgan fingerprint density at radius 2 is 1.87 bits per heavy atom. The first-order chi connectivity index (χ1) is 14.8. The molecular formula is C22H27N3O5S. The third-order valence-electron chi connectivity index (χ3n) is 5.19. The quantitative estimate of drug-likeness (QED) is 0.584. The fraction of sp³-hybridized carbons (Fsp3) is 0.409. The van der Waals surface area contributed by atoms with Crippen LogP contribution in [0.25, 0.3) is 0 Å². The van der Waals surface area contributed by atoms with E-state index in [1.54, 1.807) is 37.1 Å². The molecule has 1 aromatic carbocycles. The molecule has 31 heavy (non-hydrogen) atoms. The molecule has 3 amide bonds. The second-order valence-electron chi connectivity index (χ2n) is 7.41. The van der Waals surface area contributed by atoms with Gasteiger partial charge in [0.05, 0.1) is 12.7 Å². The van der Waals surface area contributed by atoms with Crippen molar-refractivity contribution in [2.24, 2.45) is 5.73 Å². The normalized spacial score (nSPS) is 12.9. The maximum atomic E-state index is 12.7. The van der Waals surface area contributed by atoms with Gasteiger partial charge in [0.2, 0.25) is 5.91 Å². The molecule has 3 N–H and O–H groups in total. The first kappa shape index (κ1) is 22.6. The van der Waals surface area contributed by atoms with Crippen LogP contribution in [0.3, 0.4) is 0 Å². The Labute approximate surface area is 185 Å². The third kappa shape index (κ3) is 5.55. The highest BCUT2D eigenvalue weighted by Gasteiger charge is 2.33. The van der Waals surface area contributed by atoms with E-state index in [1.807, 2.05) is 13.0 Å². The van der Waals surface area contributed by atoms with Gasteiger partial charge < -0.3 is 25.4 Å². The fourth-order valence-corrected chi connectivity index (χ4v) is 4.36. The number of methoxy groups -OCH3 is 1. The summed E-state index contributed by atoms with van der Waals surface area (Å²) in [4.78, 5) is 39.6. The molecule has 0 atom stereocenters. The van der Waals surface area contributed by atoms with Gasteiger partial charge >= 0.3 is 0 Å². The zero-order valence-electron chi connectivity index (χ0n) is 17.9. The van der Waals surface area contributed by atoms with Gasteiger partial charge in [-0.25, -0.2) is 0 Å². The van der Waals surface area contributed by atoms with Gasteiger partial charge in [-0.3, -0.25) is 14.4 Å². The van der Waals surface area contributed by atoms with Crippen LogP contribution in [0.15, 0.2) is 24.3 Å². The molecule has 2 aromatic rings. The van der Waals surface area contributed by atoms with Crippen molar-refractivity contribution in [2.45, 2.75) is 39.2 Å². The zero-order valence-corrected chi connectivity index (χ0v) is 18.7. The van der Waals surface area contributed by atoms with Gasteiger partial charge in [0.25, 0.3) is 11.8 Å². The molecule has 0 radical (unpaired) electrons. The maximum Gasteiger partial charge on any atom is 0.260 e. The van der Waals surface area contributed by atoms with Crippen LogP contribution in [-0.4, -0.2) is 48.9 Å². The lowest BCUT2D eigenvalue weighted by Crippen LogP contribution is -2.38. The summed E-state index contributed by atoms with van der Waals surface area (Å²) in [5.74, 6) is 0.0313. The summed E-state index contributed by atoms with van der Waals surface area (Å²) in [5.41, 5.74) is 6.57. The van der Waals surface area contributed by atoms with Crippen LogP contribution in [0.1, 0.15) is 40.1 Å². The van der Waals surface area contributed by atoms with E-state index in [4.69, 9.17) is 15.2 Å². The third-order valence-corrected chi connectivity index (χ3v) is 6.32. The van der Waals surface area contributed by atoms with Crippen LogP contribution >= 0.6 is 11.3 Å². The molecule has 1 aromatic heterocycles. The number of nitrogens with two attached hydrogens (primary N) is 1. The summed E-state index contributed by atoms with van der Waals surface area (Å²) < 4.78 is 10.9. The summed E-state index contributed by atoms with van der Waals surface area (Å²) in [7, 11) is 1.54. The van der Waals surface area contributed by atoms with Crippen molar-refractivity contribution in [1.82, 2.24) is 4.90 Å². The van der Waals surface area contributed by atoms with Crippen molar-refractivity contribution in [3.05, 3.63) is 40.3 Å². The number of benzene rings is 1. The van der Waals surface area contributed by atoms with Crippen LogP contribution in [0.2, 0.25) is 0 Å². The number of anilines is 1. The van der Waals surface area contributed by atoms with Crippen LogP contribution in [0, 0.1) is 13.8 Å². The molecule has 0 bridgehead atoms. The van der Waals surface area contributed by atoms with Gasteiger partial charge in [0.15, 0.2) is 18.1 Å². The van der Waals surface area contributed by atoms with Crippen molar-refractivity contribution in [3.8, 4) is 11.5 Å². The minimum absolute atomic E-state index is 0.116. The summed E-state index contributed by atoms with van der Waals surface area (Å²) in [6, 6.07) is 7.26. The highest BCUT2D eigenvalue weighted by atomic mass is 32.1. The van der Waals surface area contributed by atoms with Gasteiger partial charge in [0, 0.05) is 23.9 Å².